The van der Waals surface area contributed by atoms with Crippen molar-refractivity contribution in [1.29, 1.82) is 0 Å². The monoisotopic (exact) mass is 312 g/mol. The summed E-state index contributed by atoms with van der Waals surface area (Å²) in [5, 5.41) is 11.4. The first-order chi connectivity index (χ1) is 9.90. The van der Waals surface area contributed by atoms with Crippen LogP contribution in [0.1, 0.15) is 12.0 Å². The summed E-state index contributed by atoms with van der Waals surface area (Å²) in [4.78, 5) is 24.2. The predicted octanol–water partition coefficient (Wildman–Crippen LogP) is 1.36. The van der Waals surface area contributed by atoms with Gasteiger partial charge in [0.2, 0.25) is 0 Å². The van der Waals surface area contributed by atoms with E-state index in [2.05, 4.69) is 5.32 Å². The molecule has 1 rings (SSSR count). The molecule has 1 aromatic carbocycles. The van der Waals surface area contributed by atoms with Crippen LogP contribution in [0.3, 0.4) is 0 Å². The Bertz CT molecular complexity index is 516. The molecule has 0 heterocycles. The molecule has 0 saturated heterocycles. The summed E-state index contributed by atoms with van der Waals surface area (Å²) in [5.74, 6) is -0.596. The molecule has 0 saturated carbocycles. The third-order valence-corrected chi connectivity index (χ3v) is 3.58. The number of hydrogen-bond acceptors (Lipinski definition) is 3. The molecule has 0 radical (unpaired) electrons. The van der Waals surface area contributed by atoms with Crippen molar-refractivity contribution >= 4 is 28.5 Å². The van der Waals surface area contributed by atoms with Crippen molar-refractivity contribution in [2.24, 2.45) is 0 Å². The van der Waals surface area contributed by atoms with Gasteiger partial charge in [-0.3, -0.25) is 13.9 Å². The maximum Gasteiger partial charge on any atom is 0.321 e. The number of carbonyl (C=O) groups excluding carboxylic acids is 1. The molecule has 116 valence electrons. The zero-order chi connectivity index (χ0) is 15.8. The molecule has 2 amide bonds. The highest BCUT2D eigenvalue weighted by Gasteiger charge is 2.16. The van der Waals surface area contributed by atoms with Gasteiger partial charge in [0.25, 0.3) is 0 Å². The smallest absolute Gasteiger partial charge is 0.321 e. The number of nitrogens with one attached hydrogen (secondary N) is 1. The molecule has 0 spiro atoms. The minimum absolute atomic E-state index is 0.0828. The maximum atomic E-state index is 12.1. The number of carbonyl (C=O) groups is 2. The van der Waals surface area contributed by atoms with Crippen molar-refractivity contribution in [2.45, 2.75) is 13.3 Å². The Morgan fingerprint density at radius 2 is 1.90 bits per heavy atom. The Morgan fingerprint density at radius 1 is 1.29 bits per heavy atom. The Kier molecular flexibility index (Phi) is 6.87. The second-order valence-electron chi connectivity index (χ2n) is 4.64. The van der Waals surface area contributed by atoms with Crippen molar-refractivity contribution < 1.29 is 18.9 Å². The lowest BCUT2D eigenvalue weighted by Crippen LogP contribution is -2.42. The third-order valence-electron chi connectivity index (χ3n) is 2.81. The number of aryl methyl sites for hydroxylation is 1. The van der Waals surface area contributed by atoms with Crippen LogP contribution in [0.25, 0.3) is 0 Å². The van der Waals surface area contributed by atoms with Gasteiger partial charge in [-0.05, 0) is 19.1 Å². The molecule has 7 heteroatoms. The zero-order valence-electron chi connectivity index (χ0n) is 12.2. The minimum Gasteiger partial charge on any atom is -0.481 e. The Hall–Kier alpha value is -1.89. The fourth-order valence-electron chi connectivity index (χ4n) is 1.68. The third kappa shape index (κ3) is 6.40. The number of hydrogen-bond donors (Lipinski definition) is 2. The van der Waals surface area contributed by atoms with E-state index >= 15 is 0 Å². The average molecular weight is 312 g/mol. The van der Waals surface area contributed by atoms with Crippen LogP contribution in [0, 0.1) is 6.92 Å². The Balaban J connectivity index is 2.75. The van der Waals surface area contributed by atoms with Crippen LogP contribution in [-0.2, 0) is 15.6 Å². The number of aliphatic carboxylic acids is 1. The van der Waals surface area contributed by atoms with E-state index in [-0.39, 0.29) is 25.5 Å². The molecule has 0 fully saturated rings. The van der Waals surface area contributed by atoms with Crippen LogP contribution in [-0.4, -0.2) is 46.4 Å². The van der Waals surface area contributed by atoms with E-state index in [0.29, 0.717) is 11.4 Å². The summed E-state index contributed by atoms with van der Waals surface area (Å²) in [7, 11) is -0.981. The van der Waals surface area contributed by atoms with Crippen LogP contribution in [0.15, 0.2) is 24.3 Å². The lowest BCUT2D eigenvalue weighted by molar-refractivity contribution is -0.136. The van der Waals surface area contributed by atoms with Gasteiger partial charge in [-0.2, -0.15) is 0 Å². The van der Waals surface area contributed by atoms with E-state index < -0.39 is 16.8 Å². The predicted molar refractivity (Wildman–Crippen MR) is 83.1 cm³/mol. The van der Waals surface area contributed by atoms with Crippen molar-refractivity contribution in [1.82, 2.24) is 5.32 Å². The second kappa shape index (κ2) is 8.41. The summed E-state index contributed by atoms with van der Waals surface area (Å²) < 4.78 is 11.0. The average Bonchev–Trinajstić information content (AvgIpc) is 2.40. The van der Waals surface area contributed by atoms with E-state index in [0.717, 1.165) is 5.56 Å². The number of urea groups is 1. The SMILES string of the molecule is Cc1ccc(N(CCC(=O)O)C(=O)NCCS(C)=O)cc1. The van der Waals surface area contributed by atoms with Gasteiger partial charge in [0.05, 0.1) is 6.42 Å². The minimum atomic E-state index is -0.981. The highest BCUT2D eigenvalue weighted by Crippen LogP contribution is 2.15. The summed E-state index contributed by atoms with van der Waals surface area (Å²) >= 11 is 0. The summed E-state index contributed by atoms with van der Waals surface area (Å²) in [6, 6.07) is 6.88. The fourth-order valence-corrected chi connectivity index (χ4v) is 2.07. The normalized spacial score (nSPS) is 11.7. The highest BCUT2D eigenvalue weighted by atomic mass is 32.2. The molecule has 1 atom stereocenters. The summed E-state index contributed by atoms with van der Waals surface area (Å²) in [5.41, 5.74) is 1.69. The molecular weight excluding hydrogens is 292 g/mol. The number of amides is 2. The van der Waals surface area contributed by atoms with Gasteiger partial charge < -0.3 is 10.4 Å². The van der Waals surface area contributed by atoms with Gasteiger partial charge in [0.1, 0.15) is 0 Å². The Labute approximate surface area is 126 Å². The lowest BCUT2D eigenvalue weighted by Gasteiger charge is -2.22. The summed E-state index contributed by atoms with van der Waals surface area (Å²) in [6.07, 6.45) is 1.43. The van der Waals surface area contributed by atoms with Crippen LogP contribution in [0.4, 0.5) is 10.5 Å². The number of rotatable bonds is 7. The molecule has 0 aliphatic heterocycles. The number of carboxylic acid groups (broad SMARTS) is 1. The second-order valence-corrected chi connectivity index (χ2v) is 6.19. The van der Waals surface area contributed by atoms with Crippen molar-refractivity contribution in [3.63, 3.8) is 0 Å². The first-order valence-corrected chi connectivity index (χ1v) is 8.26. The molecule has 0 aliphatic carbocycles. The van der Waals surface area contributed by atoms with E-state index in [1.807, 2.05) is 19.1 Å². The fraction of sp³-hybridized carbons (Fsp3) is 0.429. The molecule has 21 heavy (non-hydrogen) atoms. The first kappa shape index (κ1) is 17.2. The molecule has 0 bridgehead atoms. The molecule has 0 aliphatic rings. The highest BCUT2D eigenvalue weighted by molar-refractivity contribution is 7.84. The van der Waals surface area contributed by atoms with E-state index in [1.54, 1.807) is 18.4 Å². The largest absolute Gasteiger partial charge is 0.481 e. The van der Waals surface area contributed by atoms with Gasteiger partial charge >= 0.3 is 12.0 Å². The standard InChI is InChI=1S/C14H20N2O4S/c1-11-3-5-12(6-4-11)16(9-7-13(17)18)14(19)15-8-10-21(2)20/h3-6H,7-10H2,1-2H3,(H,15,19)(H,17,18). The van der Waals surface area contributed by atoms with Gasteiger partial charge in [0, 0.05) is 41.6 Å². The number of carboxylic acids is 1. The van der Waals surface area contributed by atoms with Crippen molar-refractivity contribution in [2.75, 3.05) is 30.0 Å². The lowest BCUT2D eigenvalue weighted by atomic mass is 10.2. The molecule has 1 unspecified atom stereocenters. The number of anilines is 1. The van der Waals surface area contributed by atoms with Crippen molar-refractivity contribution in [3.05, 3.63) is 29.8 Å². The first-order valence-electron chi connectivity index (χ1n) is 6.54. The maximum absolute atomic E-state index is 12.1. The molecule has 1 aromatic rings. The van der Waals surface area contributed by atoms with Gasteiger partial charge in [0.15, 0.2) is 0 Å². The van der Waals surface area contributed by atoms with E-state index in [9.17, 15) is 13.8 Å². The van der Waals surface area contributed by atoms with E-state index in [1.165, 1.54) is 4.90 Å². The number of nitrogens with zero attached hydrogens (tertiary/aromatic N) is 1. The summed E-state index contributed by atoms with van der Waals surface area (Å²) in [6.45, 7) is 2.30. The quantitative estimate of drug-likeness (QED) is 0.796. The van der Waals surface area contributed by atoms with Crippen LogP contribution >= 0.6 is 0 Å². The zero-order valence-corrected chi connectivity index (χ0v) is 13.0. The van der Waals surface area contributed by atoms with E-state index in [4.69, 9.17) is 5.11 Å². The molecule has 0 aromatic heterocycles. The molecule has 6 nitrogen and oxygen atoms in total. The van der Waals surface area contributed by atoms with Gasteiger partial charge in [-0.15, -0.1) is 0 Å². The van der Waals surface area contributed by atoms with Crippen LogP contribution < -0.4 is 10.2 Å². The van der Waals surface area contributed by atoms with Gasteiger partial charge in [-0.25, -0.2) is 4.79 Å². The number of benzene rings is 1. The molecule has 2 N–H and O–H groups in total. The van der Waals surface area contributed by atoms with Crippen LogP contribution in [0.5, 0.6) is 0 Å². The van der Waals surface area contributed by atoms with Crippen LogP contribution in [0.2, 0.25) is 0 Å². The van der Waals surface area contributed by atoms with Crippen molar-refractivity contribution in [3.8, 4) is 0 Å². The van der Waals surface area contributed by atoms with Gasteiger partial charge in [-0.1, -0.05) is 17.7 Å². The molecular formula is C14H20N2O4S. The topological polar surface area (TPSA) is 86.7 Å². The Morgan fingerprint density at radius 3 is 2.43 bits per heavy atom.